The number of aryl methyl sites for hydroxylation is 1. The molecule has 0 unspecified atom stereocenters. The first kappa shape index (κ1) is 19.5. The fourth-order valence-electron chi connectivity index (χ4n) is 4.79. The SMILES string of the molecule is Cc1c(CC(=O)N2C[C@@H]3C=C(c4cncc(F)c4)[C@H]2C3)c(=O)[nH]c2ccc(F)c(F)c12. The topological polar surface area (TPSA) is 66.1 Å². The van der Waals surface area contributed by atoms with Gasteiger partial charge in [-0.3, -0.25) is 14.6 Å². The summed E-state index contributed by atoms with van der Waals surface area (Å²) in [6.45, 7) is 2.02. The summed E-state index contributed by atoms with van der Waals surface area (Å²) in [6.07, 6.45) is 5.22. The number of pyridine rings is 2. The molecular formula is C23H18F3N3O2. The number of benzene rings is 1. The smallest absolute Gasteiger partial charge is 0.252 e. The Labute approximate surface area is 175 Å². The van der Waals surface area contributed by atoms with Gasteiger partial charge in [0.05, 0.1) is 24.2 Å². The molecule has 8 heteroatoms. The Kier molecular flexibility index (Phi) is 4.46. The Morgan fingerprint density at radius 1 is 1.26 bits per heavy atom. The van der Waals surface area contributed by atoms with Crippen molar-refractivity contribution in [2.24, 2.45) is 5.92 Å². The lowest BCUT2D eigenvalue weighted by molar-refractivity contribution is -0.130. The number of nitrogens with one attached hydrogen (secondary N) is 1. The largest absolute Gasteiger partial charge is 0.335 e. The normalized spacial score (nSPS) is 19.9. The minimum atomic E-state index is -1.05. The summed E-state index contributed by atoms with van der Waals surface area (Å²) < 4.78 is 41.7. The highest BCUT2D eigenvalue weighted by molar-refractivity contribution is 5.88. The standard InChI is InChI=1S/C23H18F3N3O2/c1-11-15(23(31)28-18-3-2-17(25)22(26)21(11)18)7-20(30)29-10-12-4-16(19(29)5-12)13-6-14(24)9-27-8-13/h2-4,6,8-9,12,19H,5,7,10H2,1H3,(H,28,31)/t12-,19-/m1/s1. The predicted octanol–water partition coefficient (Wildman–Crippen LogP) is 3.51. The average Bonchev–Trinajstić information content (AvgIpc) is 3.35. The van der Waals surface area contributed by atoms with Crippen molar-refractivity contribution in [1.29, 1.82) is 0 Å². The van der Waals surface area contributed by atoms with E-state index in [9.17, 15) is 22.8 Å². The predicted molar refractivity (Wildman–Crippen MR) is 109 cm³/mol. The van der Waals surface area contributed by atoms with Gasteiger partial charge in [-0.2, -0.15) is 0 Å². The van der Waals surface area contributed by atoms with Crippen molar-refractivity contribution >= 4 is 22.4 Å². The number of likely N-dealkylation sites (tertiary alicyclic amines) is 1. The summed E-state index contributed by atoms with van der Waals surface area (Å²) in [6, 6.07) is 3.42. The second-order valence-electron chi connectivity index (χ2n) is 8.09. The van der Waals surface area contributed by atoms with Crippen LogP contribution in [0.1, 0.15) is 23.1 Å². The summed E-state index contributed by atoms with van der Waals surface area (Å²) in [7, 11) is 0. The van der Waals surface area contributed by atoms with E-state index in [2.05, 4.69) is 9.97 Å². The van der Waals surface area contributed by atoms with Gasteiger partial charge in [-0.1, -0.05) is 6.08 Å². The van der Waals surface area contributed by atoms with Crippen LogP contribution in [0.2, 0.25) is 0 Å². The molecule has 1 amide bonds. The van der Waals surface area contributed by atoms with Crippen LogP contribution in [0.5, 0.6) is 0 Å². The molecule has 3 aromatic rings. The van der Waals surface area contributed by atoms with E-state index < -0.39 is 23.0 Å². The maximum Gasteiger partial charge on any atom is 0.252 e. The molecule has 3 heterocycles. The Bertz CT molecular complexity index is 1330. The molecule has 158 valence electrons. The lowest BCUT2D eigenvalue weighted by Gasteiger charge is -2.29. The molecule has 2 aromatic heterocycles. The first-order valence-electron chi connectivity index (χ1n) is 9.95. The van der Waals surface area contributed by atoms with Gasteiger partial charge in [0.1, 0.15) is 5.82 Å². The molecule has 31 heavy (non-hydrogen) atoms. The summed E-state index contributed by atoms with van der Waals surface area (Å²) in [5, 5.41) is -0.0308. The molecule has 2 bridgehead atoms. The molecule has 2 aliphatic rings. The number of carbonyl (C=O) groups is 1. The van der Waals surface area contributed by atoms with E-state index in [0.29, 0.717) is 12.1 Å². The molecule has 1 aliphatic heterocycles. The van der Waals surface area contributed by atoms with Crippen LogP contribution in [-0.4, -0.2) is 33.4 Å². The molecule has 0 saturated carbocycles. The van der Waals surface area contributed by atoms with E-state index in [1.165, 1.54) is 19.1 Å². The number of aromatic amines is 1. The number of fused-ring (bicyclic) bond motifs is 3. The molecule has 1 saturated heterocycles. The van der Waals surface area contributed by atoms with Crippen LogP contribution in [0.3, 0.4) is 0 Å². The van der Waals surface area contributed by atoms with Gasteiger partial charge in [0.2, 0.25) is 5.91 Å². The minimum Gasteiger partial charge on any atom is -0.335 e. The summed E-state index contributed by atoms with van der Waals surface area (Å²) >= 11 is 0. The maximum atomic E-state index is 14.4. The molecular weight excluding hydrogens is 407 g/mol. The van der Waals surface area contributed by atoms with E-state index in [4.69, 9.17) is 0 Å². The van der Waals surface area contributed by atoms with Crippen molar-refractivity contribution in [2.75, 3.05) is 6.54 Å². The molecule has 1 aromatic carbocycles. The van der Waals surface area contributed by atoms with Crippen LogP contribution >= 0.6 is 0 Å². The van der Waals surface area contributed by atoms with Crippen molar-refractivity contribution in [3.05, 3.63) is 81.2 Å². The van der Waals surface area contributed by atoms with Gasteiger partial charge >= 0.3 is 0 Å². The lowest BCUT2D eigenvalue weighted by Crippen LogP contribution is -2.39. The Morgan fingerprint density at radius 3 is 2.81 bits per heavy atom. The Balaban J connectivity index is 1.46. The maximum absolute atomic E-state index is 14.4. The van der Waals surface area contributed by atoms with E-state index in [0.717, 1.165) is 24.3 Å². The van der Waals surface area contributed by atoms with E-state index in [-0.39, 0.29) is 46.3 Å². The van der Waals surface area contributed by atoms with Crippen molar-refractivity contribution in [2.45, 2.75) is 25.8 Å². The second-order valence-corrected chi connectivity index (χ2v) is 8.09. The molecule has 0 radical (unpaired) electrons. The summed E-state index contributed by atoms with van der Waals surface area (Å²) in [5.74, 6) is -2.66. The zero-order chi connectivity index (χ0) is 21.9. The number of amides is 1. The van der Waals surface area contributed by atoms with Crippen LogP contribution < -0.4 is 5.56 Å². The zero-order valence-corrected chi connectivity index (χ0v) is 16.6. The average molecular weight is 425 g/mol. The third kappa shape index (κ3) is 3.13. The highest BCUT2D eigenvalue weighted by Gasteiger charge is 2.42. The van der Waals surface area contributed by atoms with E-state index >= 15 is 0 Å². The first-order valence-corrected chi connectivity index (χ1v) is 9.95. The fraction of sp³-hybridized carbons (Fsp3) is 0.261. The lowest BCUT2D eigenvalue weighted by atomic mass is 9.99. The number of halogens is 3. The van der Waals surface area contributed by atoms with Gasteiger partial charge in [-0.05, 0) is 48.6 Å². The Hall–Kier alpha value is -3.42. The third-order valence-electron chi connectivity index (χ3n) is 6.24. The molecule has 2 atom stereocenters. The second kappa shape index (κ2) is 7.08. The van der Waals surface area contributed by atoms with Gasteiger partial charge in [0.15, 0.2) is 11.6 Å². The minimum absolute atomic E-state index is 0.0308. The van der Waals surface area contributed by atoms with Crippen molar-refractivity contribution in [3.8, 4) is 0 Å². The third-order valence-corrected chi connectivity index (χ3v) is 6.24. The van der Waals surface area contributed by atoms with Gasteiger partial charge in [0.25, 0.3) is 5.56 Å². The van der Waals surface area contributed by atoms with Gasteiger partial charge in [-0.25, -0.2) is 13.2 Å². The highest BCUT2D eigenvalue weighted by atomic mass is 19.2. The quantitative estimate of drug-likeness (QED) is 0.699. The Morgan fingerprint density at radius 2 is 2.06 bits per heavy atom. The molecule has 5 rings (SSSR count). The van der Waals surface area contributed by atoms with Gasteiger partial charge in [-0.15, -0.1) is 0 Å². The van der Waals surface area contributed by atoms with Crippen LogP contribution in [-0.2, 0) is 11.2 Å². The number of hydrogen-bond donors (Lipinski definition) is 1. The number of H-pyrrole nitrogens is 1. The van der Waals surface area contributed by atoms with E-state index in [1.807, 2.05) is 6.08 Å². The highest BCUT2D eigenvalue weighted by Crippen LogP contribution is 2.42. The summed E-state index contributed by atoms with van der Waals surface area (Å²) in [5.41, 5.74) is 1.51. The number of rotatable bonds is 3. The fourth-order valence-corrected chi connectivity index (χ4v) is 4.79. The number of carbonyl (C=O) groups excluding carboxylic acids is 1. The molecule has 1 N–H and O–H groups in total. The van der Waals surface area contributed by atoms with Crippen LogP contribution in [0.25, 0.3) is 16.5 Å². The molecule has 0 spiro atoms. The van der Waals surface area contributed by atoms with Crippen LogP contribution in [0, 0.1) is 30.3 Å². The van der Waals surface area contributed by atoms with Crippen molar-refractivity contribution in [1.82, 2.24) is 14.9 Å². The van der Waals surface area contributed by atoms with Crippen LogP contribution in [0.15, 0.2) is 41.5 Å². The van der Waals surface area contributed by atoms with Crippen molar-refractivity contribution < 1.29 is 18.0 Å². The summed E-state index contributed by atoms with van der Waals surface area (Å²) in [4.78, 5) is 33.8. The molecule has 5 nitrogen and oxygen atoms in total. The van der Waals surface area contributed by atoms with Crippen molar-refractivity contribution in [3.63, 3.8) is 0 Å². The molecule has 1 fully saturated rings. The number of aromatic nitrogens is 2. The zero-order valence-electron chi connectivity index (χ0n) is 16.6. The number of nitrogens with zero attached hydrogens (tertiary/aromatic N) is 2. The first-order chi connectivity index (χ1) is 14.8. The van der Waals surface area contributed by atoms with Crippen LogP contribution in [0.4, 0.5) is 13.2 Å². The number of hydrogen-bond acceptors (Lipinski definition) is 3. The van der Waals surface area contributed by atoms with Gasteiger partial charge < -0.3 is 9.88 Å². The monoisotopic (exact) mass is 425 g/mol. The molecule has 1 aliphatic carbocycles. The van der Waals surface area contributed by atoms with E-state index in [1.54, 1.807) is 11.1 Å². The van der Waals surface area contributed by atoms with Gasteiger partial charge in [0, 0.05) is 29.3 Å².